The largest absolute Gasteiger partial charge is 0.165 e. The minimum absolute atomic E-state index is 0.831. The number of hydrogen-bond acceptors (Lipinski definition) is 1. The molecule has 0 aromatic carbocycles. The lowest BCUT2D eigenvalue weighted by molar-refractivity contribution is 0.409. The maximum absolute atomic E-state index is 2.43. The molecule has 4 unspecified atom stereocenters. The summed E-state index contributed by atoms with van der Waals surface area (Å²) in [4.78, 5) is 0. The van der Waals surface area contributed by atoms with Gasteiger partial charge < -0.3 is 0 Å². The van der Waals surface area contributed by atoms with Crippen molar-refractivity contribution in [3.63, 3.8) is 0 Å². The zero-order valence-corrected chi connectivity index (χ0v) is 10.2. The molecule has 0 radical (unpaired) electrons. The van der Waals surface area contributed by atoms with Crippen molar-refractivity contribution in [2.45, 2.75) is 20.3 Å². The van der Waals surface area contributed by atoms with Gasteiger partial charge in [0.15, 0.2) is 0 Å². The highest BCUT2D eigenvalue weighted by Gasteiger charge is 2.40. The average Bonchev–Trinajstić information content (AvgIpc) is 2.46. The fourth-order valence-electron chi connectivity index (χ4n) is 3.27. The van der Waals surface area contributed by atoms with Crippen molar-refractivity contribution in [1.82, 2.24) is 0 Å². The van der Waals surface area contributed by atoms with Crippen molar-refractivity contribution in [3.8, 4) is 0 Å². The summed E-state index contributed by atoms with van der Waals surface area (Å²) in [5.74, 6) is 4.83. The molecule has 2 aliphatic carbocycles. The molecule has 1 heteroatoms. The molecule has 2 rings (SSSR count). The molecule has 0 bridgehead atoms. The van der Waals surface area contributed by atoms with Gasteiger partial charge in [-0.2, -0.15) is 11.8 Å². The van der Waals surface area contributed by atoms with Gasteiger partial charge in [0.1, 0.15) is 0 Å². The molecule has 78 valence electrons. The smallest absolute Gasteiger partial charge is 0.00359 e. The Morgan fingerprint density at radius 2 is 2.29 bits per heavy atom. The number of thioether (sulfide) groups is 1. The zero-order valence-electron chi connectivity index (χ0n) is 9.36. The van der Waals surface area contributed by atoms with E-state index in [0.29, 0.717) is 0 Å². The standard InChI is InChI=1S/C13H20S/c1-9-5-4-6-12-10(2)7-11(8-14-3)13(9)12/h4-6,10-13H,7-8H2,1-3H3. The van der Waals surface area contributed by atoms with Crippen LogP contribution in [0.1, 0.15) is 20.3 Å². The van der Waals surface area contributed by atoms with Crippen LogP contribution in [0.4, 0.5) is 0 Å². The molecule has 0 saturated heterocycles. The lowest BCUT2D eigenvalue weighted by Gasteiger charge is -2.27. The van der Waals surface area contributed by atoms with E-state index in [1.807, 2.05) is 11.8 Å². The molecule has 0 heterocycles. The van der Waals surface area contributed by atoms with E-state index in [9.17, 15) is 0 Å². The average molecular weight is 208 g/mol. The van der Waals surface area contributed by atoms with Crippen molar-refractivity contribution < 1.29 is 0 Å². The fraction of sp³-hybridized carbons (Fsp3) is 0.692. The van der Waals surface area contributed by atoms with Crippen LogP contribution in [-0.4, -0.2) is 12.0 Å². The Balaban J connectivity index is 2.18. The van der Waals surface area contributed by atoms with Crippen LogP contribution in [0.3, 0.4) is 0 Å². The van der Waals surface area contributed by atoms with Crippen LogP contribution in [-0.2, 0) is 0 Å². The number of rotatable bonds is 2. The molecule has 2 aliphatic rings. The van der Waals surface area contributed by atoms with E-state index in [0.717, 1.165) is 23.7 Å². The lowest BCUT2D eigenvalue weighted by Crippen LogP contribution is -2.19. The van der Waals surface area contributed by atoms with Crippen LogP contribution >= 0.6 is 11.8 Å². The molecular formula is C13H20S. The Hall–Kier alpha value is -0.170. The predicted octanol–water partition coefficient (Wildman–Crippen LogP) is 3.75. The minimum atomic E-state index is 0.831. The van der Waals surface area contributed by atoms with Crippen LogP contribution in [0.2, 0.25) is 0 Å². The van der Waals surface area contributed by atoms with Crippen LogP contribution in [0.25, 0.3) is 0 Å². The van der Waals surface area contributed by atoms with Crippen LogP contribution in [0.5, 0.6) is 0 Å². The second-order valence-electron chi connectivity index (χ2n) is 4.83. The molecular weight excluding hydrogens is 188 g/mol. The van der Waals surface area contributed by atoms with Crippen molar-refractivity contribution in [1.29, 1.82) is 0 Å². The first-order valence-corrected chi connectivity index (χ1v) is 6.97. The van der Waals surface area contributed by atoms with Gasteiger partial charge in [-0.25, -0.2) is 0 Å². The molecule has 0 aromatic heterocycles. The molecule has 0 nitrogen and oxygen atoms in total. The van der Waals surface area contributed by atoms with Gasteiger partial charge in [-0.1, -0.05) is 30.7 Å². The van der Waals surface area contributed by atoms with E-state index < -0.39 is 0 Å². The summed E-state index contributed by atoms with van der Waals surface area (Å²) in [5, 5.41) is 0. The third-order valence-electron chi connectivity index (χ3n) is 3.85. The van der Waals surface area contributed by atoms with Gasteiger partial charge in [-0.15, -0.1) is 0 Å². The Morgan fingerprint density at radius 3 is 3.00 bits per heavy atom. The first-order valence-electron chi connectivity index (χ1n) is 5.58. The van der Waals surface area contributed by atoms with Gasteiger partial charge in [-0.05, 0) is 49.0 Å². The molecule has 0 amide bonds. The van der Waals surface area contributed by atoms with Crippen molar-refractivity contribution in [2.75, 3.05) is 12.0 Å². The topological polar surface area (TPSA) is 0 Å². The summed E-state index contributed by atoms with van der Waals surface area (Å²) in [6, 6.07) is 0. The Kier molecular flexibility index (Phi) is 3.06. The van der Waals surface area contributed by atoms with Gasteiger partial charge >= 0.3 is 0 Å². The highest BCUT2D eigenvalue weighted by atomic mass is 32.2. The molecule has 0 spiro atoms. The summed E-state index contributed by atoms with van der Waals surface area (Å²) < 4.78 is 0. The summed E-state index contributed by atoms with van der Waals surface area (Å²) in [5.41, 5.74) is 1.61. The van der Waals surface area contributed by atoms with Gasteiger partial charge in [0.05, 0.1) is 0 Å². The Morgan fingerprint density at radius 1 is 1.50 bits per heavy atom. The number of fused-ring (bicyclic) bond motifs is 1. The first kappa shape index (κ1) is 10.4. The van der Waals surface area contributed by atoms with Gasteiger partial charge in [0.25, 0.3) is 0 Å². The minimum Gasteiger partial charge on any atom is -0.165 e. The highest BCUT2D eigenvalue weighted by Crippen LogP contribution is 2.48. The van der Waals surface area contributed by atoms with Crippen molar-refractivity contribution in [2.24, 2.45) is 23.7 Å². The van der Waals surface area contributed by atoms with E-state index in [4.69, 9.17) is 0 Å². The quantitative estimate of drug-likeness (QED) is 0.666. The molecule has 0 N–H and O–H groups in total. The first-order chi connectivity index (χ1) is 6.74. The Bertz CT molecular complexity index is 264. The lowest BCUT2D eigenvalue weighted by atomic mass is 9.80. The van der Waals surface area contributed by atoms with E-state index in [1.165, 1.54) is 12.2 Å². The fourth-order valence-corrected chi connectivity index (χ4v) is 4.04. The van der Waals surface area contributed by atoms with Gasteiger partial charge in [-0.3, -0.25) is 0 Å². The second kappa shape index (κ2) is 4.14. The summed E-state index contributed by atoms with van der Waals surface area (Å²) in [6.07, 6.45) is 10.7. The van der Waals surface area contributed by atoms with Crippen LogP contribution < -0.4 is 0 Å². The second-order valence-corrected chi connectivity index (χ2v) is 5.74. The third kappa shape index (κ3) is 1.67. The van der Waals surface area contributed by atoms with Crippen molar-refractivity contribution >= 4 is 11.8 Å². The van der Waals surface area contributed by atoms with E-state index in [2.05, 4.69) is 38.3 Å². The predicted molar refractivity (Wildman–Crippen MR) is 65.5 cm³/mol. The number of allylic oxidation sites excluding steroid dienone is 4. The monoisotopic (exact) mass is 208 g/mol. The SMILES string of the molecule is CSCC1CC(C)C2C=CC=C(C)C12. The van der Waals surface area contributed by atoms with Crippen LogP contribution in [0.15, 0.2) is 23.8 Å². The molecule has 1 fully saturated rings. The highest BCUT2D eigenvalue weighted by molar-refractivity contribution is 7.98. The maximum atomic E-state index is 2.43. The number of hydrogen-bond donors (Lipinski definition) is 0. The molecule has 0 aromatic rings. The zero-order chi connectivity index (χ0) is 10.1. The molecule has 4 atom stereocenters. The van der Waals surface area contributed by atoms with Gasteiger partial charge in [0, 0.05) is 0 Å². The van der Waals surface area contributed by atoms with Crippen molar-refractivity contribution in [3.05, 3.63) is 23.8 Å². The summed E-state index contributed by atoms with van der Waals surface area (Å²) in [7, 11) is 0. The maximum Gasteiger partial charge on any atom is -0.00359 e. The molecule has 14 heavy (non-hydrogen) atoms. The summed E-state index contributed by atoms with van der Waals surface area (Å²) >= 11 is 2.01. The van der Waals surface area contributed by atoms with E-state index in [-0.39, 0.29) is 0 Å². The normalized spacial score (nSPS) is 40.9. The molecule has 0 aliphatic heterocycles. The Labute approximate surface area is 91.9 Å². The summed E-state index contributed by atoms with van der Waals surface area (Å²) in [6.45, 7) is 4.73. The van der Waals surface area contributed by atoms with Crippen LogP contribution in [0, 0.1) is 23.7 Å². The van der Waals surface area contributed by atoms with E-state index >= 15 is 0 Å². The molecule has 1 saturated carbocycles. The third-order valence-corrected chi connectivity index (χ3v) is 4.61. The van der Waals surface area contributed by atoms with Gasteiger partial charge in [0.2, 0.25) is 0 Å². The van der Waals surface area contributed by atoms with E-state index in [1.54, 1.807) is 5.57 Å².